The zero-order chi connectivity index (χ0) is 18.0. The van der Waals surface area contributed by atoms with E-state index in [-0.39, 0.29) is 5.92 Å². The van der Waals surface area contributed by atoms with Crippen molar-refractivity contribution < 1.29 is 19.1 Å². The summed E-state index contributed by atoms with van der Waals surface area (Å²) < 4.78 is 10.0. The fraction of sp³-hybridized carbons (Fsp3) is 0.500. The van der Waals surface area contributed by atoms with E-state index in [1.807, 2.05) is 37.3 Å². The molecule has 1 saturated carbocycles. The summed E-state index contributed by atoms with van der Waals surface area (Å²) in [7, 11) is 2.63. The van der Waals surface area contributed by atoms with E-state index in [4.69, 9.17) is 9.47 Å². The fourth-order valence-electron chi connectivity index (χ4n) is 4.27. The first kappa shape index (κ1) is 18.2. The van der Waals surface area contributed by atoms with Crippen molar-refractivity contribution in [1.82, 2.24) is 0 Å². The molecule has 1 aromatic rings. The molecule has 4 nitrogen and oxygen atoms in total. The maximum Gasteiger partial charge on any atom is 0.324 e. The topological polar surface area (TPSA) is 52.6 Å². The normalized spacial score (nSPS) is 24.1. The molecule has 1 aromatic carbocycles. The van der Waals surface area contributed by atoms with Gasteiger partial charge in [0.05, 0.1) is 14.2 Å². The summed E-state index contributed by atoms with van der Waals surface area (Å²) in [5, 5.41) is 0. The smallest absolute Gasteiger partial charge is 0.324 e. The van der Waals surface area contributed by atoms with Gasteiger partial charge < -0.3 is 9.47 Å². The minimum Gasteiger partial charge on any atom is -0.468 e. The van der Waals surface area contributed by atoms with Crippen LogP contribution in [0.15, 0.2) is 36.9 Å². The summed E-state index contributed by atoms with van der Waals surface area (Å²) in [6.45, 7) is 8.28. The van der Waals surface area contributed by atoms with Crippen LogP contribution in [0, 0.1) is 16.7 Å². The van der Waals surface area contributed by atoms with E-state index >= 15 is 0 Å². The molecule has 4 heteroatoms. The molecule has 0 spiro atoms. The molecule has 0 amide bonds. The van der Waals surface area contributed by atoms with Gasteiger partial charge in [-0.1, -0.05) is 63.6 Å². The number of hydrogen-bond acceptors (Lipinski definition) is 4. The van der Waals surface area contributed by atoms with E-state index in [9.17, 15) is 9.59 Å². The van der Waals surface area contributed by atoms with E-state index in [1.165, 1.54) is 14.2 Å². The average Bonchev–Trinajstić information content (AvgIpc) is 3.18. The highest BCUT2D eigenvalue weighted by molar-refractivity contribution is 6.09. The number of ether oxygens (including phenoxy) is 2. The predicted octanol–water partition coefficient (Wildman–Crippen LogP) is 3.86. The van der Waals surface area contributed by atoms with Gasteiger partial charge in [0.1, 0.15) is 0 Å². The van der Waals surface area contributed by atoms with Crippen molar-refractivity contribution in [3.05, 3.63) is 42.5 Å². The minimum absolute atomic E-state index is 0.218. The van der Waals surface area contributed by atoms with Crippen molar-refractivity contribution in [2.24, 2.45) is 16.7 Å². The van der Waals surface area contributed by atoms with Crippen LogP contribution in [0.2, 0.25) is 0 Å². The number of allylic oxidation sites excluding steroid dienone is 1. The van der Waals surface area contributed by atoms with Crippen LogP contribution in [0.5, 0.6) is 0 Å². The summed E-state index contributed by atoms with van der Waals surface area (Å²) in [5.41, 5.74) is -0.224. The lowest BCUT2D eigenvalue weighted by atomic mass is 9.79. The van der Waals surface area contributed by atoms with Gasteiger partial charge in [-0.15, -0.1) is 0 Å². The number of unbranched alkanes of at least 4 members (excludes halogenated alkanes) is 1. The number of benzene rings is 1. The van der Waals surface area contributed by atoms with Gasteiger partial charge in [0.2, 0.25) is 0 Å². The van der Waals surface area contributed by atoms with Crippen molar-refractivity contribution >= 4 is 17.5 Å². The largest absolute Gasteiger partial charge is 0.468 e. The lowest BCUT2D eigenvalue weighted by molar-refractivity contribution is -0.163. The van der Waals surface area contributed by atoms with Crippen LogP contribution in [-0.4, -0.2) is 26.2 Å². The van der Waals surface area contributed by atoms with Crippen molar-refractivity contribution in [3.8, 4) is 0 Å². The Labute approximate surface area is 143 Å². The van der Waals surface area contributed by atoms with Crippen LogP contribution in [0.1, 0.15) is 38.7 Å². The molecule has 0 unspecified atom stereocenters. The van der Waals surface area contributed by atoms with Crippen LogP contribution >= 0.6 is 0 Å². The summed E-state index contributed by atoms with van der Waals surface area (Å²) >= 11 is 0. The van der Waals surface area contributed by atoms with E-state index in [1.54, 1.807) is 0 Å². The molecule has 0 aliphatic heterocycles. The number of carbonyl (C=O) groups excluding carboxylic acids is 2. The highest BCUT2D eigenvalue weighted by Crippen LogP contribution is 2.77. The molecule has 1 aliphatic carbocycles. The van der Waals surface area contributed by atoms with Gasteiger partial charge in [-0.05, 0) is 23.5 Å². The number of esters is 2. The Kier molecular flexibility index (Phi) is 5.16. The molecule has 2 atom stereocenters. The Morgan fingerprint density at radius 2 is 1.67 bits per heavy atom. The van der Waals surface area contributed by atoms with Gasteiger partial charge in [0.15, 0.2) is 5.41 Å². The third-order valence-electron chi connectivity index (χ3n) is 5.61. The Morgan fingerprint density at radius 3 is 2.12 bits per heavy atom. The summed E-state index contributed by atoms with van der Waals surface area (Å²) in [6.07, 6.45) is 2.56. The van der Waals surface area contributed by atoms with Crippen LogP contribution in [-0.2, 0) is 19.1 Å². The first-order chi connectivity index (χ1) is 11.4. The Hall–Kier alpha value is -2.10. The molecule has 0 radical (unpaired) electrons. The van der Waals surface area contributed by atoms with Crippen LogP contribution in [0.4, 0.5) is 0 Å². The van der Waals surface area contributed by atoms with Gasteiger partial charge in [-0.2, -0.15) is 0 Å². The van der Waals surface area contributed by atoms with Crippen LogP contribution in [0.25, 0.3) is 5.57 Å². The zero-order valence-electron chi connectivity index (χ0n) is 14.9. The van der Waals surface area contributed by atoms with Crippen molar-refractivity contribution in [2.75, 3.05) is 14.2 Å². The van der Waals surface area contributed by atoms with Gasteiger partial charge in [0, 0.05) is 5.41 Å². The van der Waals surface area contributed by atoms with Crippen LogP contribution < -0.4 is 0 Å². The molecule has 2 rings (SSSR count). The number of hydrogen-bond donors (Lipinski definition) is 0. The molecule has 0 bridgehead atoms. The second-order valence-corrected chi connectivity index (χ2v) is 6.43. The molecule has 1 aliphatic rings. The summed E-state index contributed by atoms with van der Waals surface area (Å²) in [4.78, 5) is 25.3. The van der Waals surface area contributed by atoms with Crippen molar-refractivity contribution in [2.45, 2.75) is 33.1 Å². The molecule has 0 saturated heterocycles. The lowest BCUT2D eigenvalue weighted by Crippen LogP contribution is -2.35. The predicted molar refractivity (Wildman–Crippen MR) is 93.1 cm³/mol. The van der Waals surface area contributed by atoms with Gasteiger partial charge in [-0.3, -0.25) is 9.59 Å². The zero-order valence-corrected chi connectivity index (χ0v) is 14.9. The molecule has 0 heterocycles. The van der Waals surface area contributed by atoms with E-state index in [2.05, 4.69) is 13.5 Å². The molecule has 24 heavy (non-hydrogen) atoms. The van der Waals surface area contributed by atoms with E-state index < -0.39 is 22.8 Å². The fourth-order valence-corrected chi connectivity index (χ4v) is 4.27. The minimum atomic E-state index is -1.31. The number of methoxy groups -OCH3 is 2. The summed E-state index contributed by atoms with van der Waals surface area (Å²) in [6, 6.07) is 9.71. The Bertz CT molecular complexity index is 618. The highest BCUT2D eigenvalue weighted by atomic mass is 16.5. The lowest BCUT2D eigenvalue weighted by Gasteiger charge is -2.25. The van der Waals surface area contributed by atoms with E-state index in [0.717, 1.165) is 24.0 Å². The third-order valence-corrected chi connectivity index (χ3v) is 5.61. The van der Waals surface area contributed by atoms with Gasteiger partial charge >= 0.3 is 11.9 Å². The standard InChI is InChI=1S/C20H26O4/c1-6-7-13-19(14(2)16-11-9-8-10-12-16)15(3)20(19,17(21)23-4)18(22)24-5/h8-12,15H,2,6-7,13H2,1,3-5H3/t15-,19-/m0/s1. The molecule has 0 N–H and O–H groups in total. The van der Waals surface area contributed by atoms with Crippen molar-refractivity contribution in [3.63, 3.8) is 0 Å². The Morgan fingerprint density at radius 1 is 1.12 bits per heavy atom. The third kappa shape index (κ3) is 2.27. The highest BCUT2D eigenvalue weighted by Gasteiger charge is 2.84. The maximum absolute atomic E-state index is 12.7. The molecule has 1 fully saturated rings. The second-order valence-electron chi connectivity index (χ2n) is 6.43. The summed E-state index contributed by atoms with van der Waals surface area (Å²) in [5.74, 6) is -1.28. The number of carbonyl (C=O) groups is 2. The van der Waals surface area contributed by atoms with Gasteiger partial charge in [0.25, 0.3) is 0 Å². The first-order valence-corrected chi connectivity index (χ1v) is 8.36. The number of rotatable bonds is 7. The first-order valence-electron chi connectivity index (χ1n) is 8.36. The molecule has 0 aromatic heterocycles. The molecular formula is C20H26O4. The van der Waals surface area contributed by atoms with E-state index in [0.29, 0.717) is 6.42 Å². The van der Waals surface area contributed by atoms with Crippen molar-refractivity contribution in [1.29, 1.82) is 0 Å². The van der Waals surface area contributed by atoms with Gasteiger partial charge in [-0.25, -0.2) is 0 Å². The quantitative estimate of drug-likeness (QED) is 0.563. The Balaban J connectivity index is 2.58. The maximum atomic E-state index is 12.7. The second kappa shape index (κ2) is 6.80. The average molecular weight is 330 g/mol. The molecule has 130 valence electrons. The molecular weight excluding hydrogens is 304 g/mol. The monoisotopic (exact) mass is 330 g/mol. The SMILES string of the molecule is C=C(c1ccccc1)[C@@]1(CCCC)[C@H](C)C1(C(=O)OC)C(=O)OC. The van der Waals surface area contributed by atoms with Crippen LogP contribution in [0.3, 0.4) is 0 Å².